The number of Topliss-reactive ketones (excluding diaryl/α,β-unsaturated/α-hetero) is 1. The van der Waals surface area contributed by atoms with Crippen molar-refractivity contribution in [2.45, 2.75) is 53.2 Å². The molecule has 0 amide bonds. The number of rotatable bonds is 10. The normalized spacial score (nSPS) is 11.1. The molecule has 0 heterocycles. The molecule has 0 fully saturated rings. The molecule has 198 valence electrons. The number of esters is 1. The SMILES string of the molecule is CCC(=O)c1c(C(=O)OC)c(-c2ccc(OC)c(OC)c2)c2cc(OC(C)C)c(OC(C)C)cc2c1O. The molecule has 0 aliphatic heterocycles. The fraction of sp³-hybridized carbons (Fsp3) is 0.379. The lowest BCUT2D eigenvalue weighted by Gasteiger charge is -2.22. The third kappa shape index (κ3) is 5.43. The first-order valence-electron chi connectivity index (χ1n) is 12.1. The highest BCUT2D eigenvalue weighted by Gasteiger charge is 2.30. The summed E-state index contributed by atoms with van der Waals surface area (Å²) in [5, 5.41) is 12.2. The van der Waals surface area contributed by atoms with Crippen LogP contribution in [0.5, 0.6) is 28.7 Å². The van der Waals surface area contributed by atoms with Gasteiger partial charge >= 0.3 is 5.97 Å². The summed E-state index contributed by atoms with van der Waals surface area (Å²) in [7, 11) is 4.26. The number of ketones is 1. The van der Waals surface area contributed by atoms with Crippen LogP contribution in [0.3, 0.4) is 0 Å². The summed E-state index contributed by atoms with van der Waals surface area (Å²) in [4.78, 5) is 26.3. The second kappa shape index (κ2) is 11.4. The van der Waals surface area contributed by atoms with Crippen LogP contribution in [0, 0.1) is 0 Å². The Kier molecular flexibility index (Phi) is 8.53. The van der Waals surface area contributed by atoms with Crippen molar-refractivity contribution in [2.75, 3.05) is 21.3 Å². The summed E-state index contributed by atoms with van der Waals surface area (Å²) in [6.45, 7) is 9.20. The number of carbonyl (C=O) groups is 2. The van der Waals surface area contributed by atoms with Gasteiger partial charge < -0.3 is 28.8 Å². The van der Waals surface area contributed by atoms with Crippen LogP contribution in [0.1, 0.15) is 61.8 Å². The summed E-state index contributed by atoms with van der Waals surface area (Å²) >= 11 is 0. The summed E-state index contributed by atoms with van der Waals surface area (Å²) < 4.78 is 28.0. The third-order valence-corrected chi connectivity index (χ3v) is 5.73. The molecule has 0 aliphatic carbocycles. The van der Waals surface area contributed by atoms with Gasteiger partial charge in [-0.1, -0.05) is 13.0 Å². The van der Waals surface area contributed by atoms with Crippen molar-refractivity contribution in [1.82, 2.24) is 0 Å². The van der Waals surface area contributed by atoms with E-state index in [2.05, 4.69) is 0 Å². The topological polar surface area (TPSA) is 101 Å². The highest BCUT2D eigenvalue weighted by molar-refractivity contribution is 6.20. The van der Waals surface area contributed by atoms with Gasteiger partial charge in [-0.15, -0.1) is 0 Å². The van der Waals surface area contributed by atoms with Crippen molar-refractivity contribution in [3.05, 3.63) is 41.5 Å². The minimum atomic E-state index is -0.757. The molecule has 3 rings (SSSR count). The molecule has 0 unspecified atom stereocenters. The molecule has 0 bridgehead atoms. The number of hydrogen-bond donors (Lipinski definition) is 1. The highest BCUT2D eigenvalue weighted by Crippen LogP contribution is 2.47. The molecule has 0 aromatic heterocycles. The zero-order chi connectivity index (χ0) is 27.4. The fourth-order valence-electron chi connectivity index (χ4n) is 4.21. The Bertz CT molecular complexity index is 1320. The number of benzene rings is 3. The number of carbonyl (C=O) groups excluding carboxylic acids is 2. The zero-order valence-electron chi connectivity index (χ0n) is 22.6. The second-order valence-corrected chi connectivity index (χ2v) is 8.99. The van der Waals surface area contributed by atoms with Crippen LogP contribution >= 0.6 is 0 Å². The summed E-state index contributed by atoms with van der Waals surface area (Å²) in [5.41, 5.74) is 0.794. The first-order valence-corrected chi connectivity index (χ1v) is 12.1. The van der Waals surface area contributed by atoms with Gasteiger partial charge in [0, 0.05) is 17.4 Å². The van der Waals surface area contributed by atoms with E-state index >= 15 is 0 Å². The van der Waals surface area contributed by atoms with Crippen molar-refractivity contribution in [1.29, 1.82) is 0 Å². The molecule has 8 nitrogen and oxygen atoms in total. The van der Waals surface area contributed by atoms with E-state index in [4.69, 9.17) is 23.7 Å². The maximum atomic E-state index is 13.2. The molecular formula is C29H34O8. The van der Waals surface area contributed by atoms with E-state index in [-0.39, 0.29) is 35.5 Å². The van der Waals surface area contributed by atoms with Gasteiger partial charge in [-0.2, -0.15) is 0 Å². The van der Waals surface area contributed by atoms with Crippen LogP contribution in [0.25, 0.3) is 21.9 Å². The Morgan fingerprint density at radius 2 is 1.35 bits per heavy atom. The molecule has 3 aromatic carbocycles. The average Bonchev–Trinajstić information content (AvgIpc) is 2.87. The molecule has 0 saturated heterocycles. The quantitative estimate of drug-likeness (QED) is 0.255. The van der Waals surface area contributed by atoms with Gasteiger partial charge in [-0.05, 0) is 62.9 Å². The minimum Gasteiger partial charge on any atom is -0.507 e. The van der Waals surface area contributed by atoms with Crippen LogP contribution in [-0.4, -0.2) is 50.4 Å². The molecule has 0 aliphatic rings. The molecule has 0 saturated carbocycles. The number of hydrogen-bond acceptors (Lipinski definition) is 8. The second-order valence-electron chi connectivity index (χ2n) is 8.99. The predicted octanol–water partition coefficient (Wildman–Crippen LogP) is 6.18. The number of phenols is 1. The summed E-state index contributed by atoms with van der Waals surface area (Å²) in [5.74, 6) is 0.279. The Labute approximate surface area is 217 Å². The van der Waals surface area contributed by atoms with Crippen LogP contribution in [-0.2, 0) is 4.74 Å². The van der Waals surface area contributed by atoms with Crippen molar-refractivity contribution >= 4 is 22.5 Å². The Hall–Kier alpha value is -3.94. The molecular weight excluding hydrogens is 476 g/mol. The monoisotopic (exact) mass is 510 g/mol. The summed E-state index contributed by atoms with van der Waals surface area (Å²) in [6.07, 6.45) is -0.283. The van der Waals surface area contributed by atoms with Gasteiger partial charge in [0.15, 0.2) is 28.8 Å². The van der Waals surface area contributed by atoms with E-state index in [9.17, 15) is 14.7 Å². The van der Waals surface area contributed by atoms with Crippen LogP contribution < -0.4 is 18.9 Å². The molecule has 8 heteroatoms. The minimum absolute atomic E-state index is 0.0420. The maximum Gasteiger partial charge on any atom is 0.339 e. The van der Waals surface area contributed by atoms with Gasteiger partial charge in [0.25, 0.3) is 0 Å². The number of ether oxygens (including phenoxy) is 5. The summed E-state index contributed by atoms with van der Waals surface area (Å²) in [6, 6.07) is 8.52. The van der Waals surface area contributed by atoms with Crippen LogP contribution in [0.15, 0.2) is 30.3 Å². The van der Waals surface area contributed by atoms with Crippen molar-refractivity contribution < 1.29 is 38.4 Å². The molecule has 1 N–H and O–H groups in total. The molecule has 37 heavy (non-hydrogen) atoms. The number of aromatic hydroxyl groups is 1. The van der Waals surface area contributed by atoms with Gasteiger partial charge in [0.05, 0.1) is 44.7 Å². The van der Waals surface area contributed by atoms with Crippen LogP contribution in [0.2, 0.25) is 0 Å². The average molecular weight is 511 g/mol. The lowest BCUT2D eigenvalue weighted by Crippen LogP contribution is -2.14. The fourth-order valence-corrected chi connectivity index (χ4v) is 4.21. The molecule has 0 spiro atoms. The largest absolute Gasteiger partial charge is 0.507 e. The maximum absolute atomic E-state index is 13.2. The Morgan fingerprint density at radius 3 is 1.84 bits per heavy atom. The van der Waals surface area contributed by atoms with E-state index in [1.165, 1.54) is 21.3 Å². The third-order valence-electron chi connectivity index (χ3n) is 5.73. The van der Waals surface area contributed by atoms with Crippen molar-refractivity contribution in [2.24, 2.45) is 0 Å². The van der Waals surface area contributed by atoms with Gasteiger partial charge in [0.2, 0.25) is 0 Å². The molecule has 0 radical (unpaired) electrons. The van der Waals surface area contributed by atoms with Crippen LogP contribution in [0.4, 0.5) is 0 Å². The lowest BCUT2D eigenvalue weighted by atomic mass is 9.86. The number of fused-ring (bicyclic) bond motifs is 1. The van der Waals surface area contributed by atoms with Gasteiger partial charge in [-0.3, -0.25) is 4.79 Å². The Morgan fingerprint density at radius 1 is 0.784 bits per heavy atom. The van der Waals surface area contributed by atoms with Crippen molar-refractivity contribution in [3.8, 4) is 39.9 Å². The van der Waals surface area contributed by atoms with E-state index in [1.807, 2.05) is 27.7 Å². The standard InChI is InChI=1S/C29H34O8/c1-9-20(30)26-27(29(32)35-8)25(17-10-11-21(33-6)22(12-17)34-7)18-13-23(36-15(2)3)24(37-16(4)5)14-19(18)28(26)31/h10-16,31H,9H2,1-8H3. The van der Waals surface area contributed by atoms with E-state index < -0.39 is 11.8 Å². The zero-order valence-corrected chi connectivity index (χ0v) is 22.6. The number of methoxy groups -OCH3 is 3. The smallest absolute Gasteiger partial charge is 0.339 e. The molecule has 0 atom stereocenters. The number of phenolic OH excluding ortho intramolecular Hbond substituents is 1. The lowest BCUT2D eigenvalue weighted by molar-refractivity contribution is 0.0597. The predicted molar refractivity (Wildman–Crippen MR) is 142 cm³/mol. The van der Waals surface area contributed by atoms with E-state index in [0.29, 0.717) is 44.9 Å². The first-order chi connectivity index (χ1) is 17.6. The van der Waals surface area contributed by atoms with Gasteiger partial charge in [0.1, 0.15) is 5.75 Å². The van der Waals surface area contributed by atoms with E-state index in [1.54, 1.807) is 37.3 Å². The molecule has 3 aromatic rings. The van der Waals surface area contributed by atoms with Crippen molar-refractivity contribution in [3.63, 3.8) is 0 Å². The first kappa shape index (κ1) is 27.6. The van der Waals surface area contributed by atoms with E-state index in [0.717, 1.165) is 0 Å². The Balaban J connectivity index is 2.60. The van der Waals surface area contributed by atoms with Gasteiger partial charge in [-0.25, -0.2) is 4.79 Å². The highest BCUT2D eigenvalue weighted by atomic mass is 16.5.